The third-order valence-electron chi connectivity index (χ3n) is 14.6. The molecular weight excluding hydrogens is 869 g/mol. The Kier molecular flexibility index (Phi) is 9.89. The molecule has 0 saturated heterocycles. The fourth-order valence-corrected chi connectivity index (χ4v) is 10.8. The van der Waals surface area contributed by atoms with Crippen LogP contribution in [-0.4, -0.2) is 0 Å². The Morgan fingerprint density at radius 1 is 0.167 bits per heavy atom. The number of anilines is 6. The van der Waals surface area contributed by atoms with Crippen molar-refractivity contribution in [3.05, 3.63) is 278 Å². The van der Waals surface area contributed by atoms with Gasteiger partial charge in [-0.25, -0.2) is 0 Å². The molecule has 0 N–H and O–H groups in total. The minimum atomic E-state index is 1.12. The van der Waals surface area contributed by atoms with Gasteiger partial charge in [0.2, 0.25) is 0 Å². The molecule has 0 spiro atoms. The van der Waals surface area contributed by atoms with Crippen molar-refractivity contribution in [2.24, 2.45) is 0 Å². The zero-order valence-electron chi connectivity index (χ0n) is 39.5. The van der Waals surface area contributed by atoms with Crippen molar-refractivity contribution >= 4 is 132 Å². The molecule has 0 unspecified atom stereocenters. The summed E-state index contributed by atoms with van der Waals surface area (Å²) in [5, 5.41) is 19.6. The Morgan fingerprint density at radius 2 is 0.375 bits per heavy atom. The molecule has 14 aromatic rings. The zero-order chi connectivity index (χ0) is 47.5. The first kappa shape index (κ1) is 41.5. The summed E-state index contributed by atoms with van der Waals surface area (Å²) in [6.45, 7) is 0. The van der Waals surface area contributed by atoms with Gasteiger partial charge in [0.1, 0.15) is 0 Å². The van der Waals surface area contributed by atoms with Gasteiger partial charge >= 0.3 is 0 Å². The molecule has 0 saturated carbocycles. The summed E-state index contributed by atoms with van der Waals surface area (Å²) in [6.07, 6.45) is 4.46. The van der Waals surface area contributed by atoms with Crippen LogP contribution in [0.25, 0.3) is 98.3 Å². The van der Waals surface area contributed by atoms with E-state index in [1.54, 1.807) is 0 Å². The Hall–Kier alpha value is -9.50. The smallest absolute Gasteiger partial charge is 0.0468 e. The van der Waals surface area contributed by atoms with Gasteiger partial charge in [-0.05, 0) is 207 Å². The standard InChI is InChI=1S/C70H46N2/c1-3-15-55-41-65(29-23-49(55)9-1)71(69-33-27-59-37-51-11-5-7-13-53(51)39-63(59)45-69)67-31-25-57-35-47(19-21-61(57)43-67)17-18-48-20-22-62-44-68(32-26-58(62)36-48)72(66-30-24-50-10-2-4-16-56(50)42-66)70-34-28-60-38-52-12-6-8-14-54(52)40-64(60)46-70/h1-46H. The summed E-state index contributed by atoms with van der Waals surface area (Å²) < 4.78 is 0. The molecule has 72 heavy (non-hydrogen) atoms. The third-order valence-corrected chi connectivity index (χ3v) is 14.6. The number of hydrogen-bond donors (Lipinski definition) is 0. The van der Waals surface area contributed by atoms with Crippen LogP contribution in [0.5, 0.6) is 0 Å². The van der Waals surface area contributed by atoms with Crippen LogP contribution in [0.15, 0.2) is 267 Å². The topological polar surface area (TPSA) is 6.48 Å². The van der Waals surface area contributed by atoms with Crippen LogP contribution in [0.2, 0.25) is 0 Å². The Bertz CT molecular complexity index is 4200. The number of nitrogens with zero attached hydrogens (tertiary/aromatic N) is 2. The second-order valence-corrected chi connectivity index (χ2v) is 19.1. The van der Waals surface area contributed by atoms with Gasteiger partial charge in [0, 0.05) is 34.1 Å². The van der Waals surface area contributed by atoms with Crippen LogP contribution >= 0.6 is 0 Å². The molecule has 14 rings (SSSR count). The lowest BCUT2D eigenvalue weighted by atomic mass is 10.0. The molecule has 0 aliphatic rings. The van der Waals surface area contributed by atoms with Gasteiger partial charge in [0.25, 0.3) is 0 Å². The summed E-state index contributed by atoms with van der Waals surface area (Å²) >= 11 is 0. The molecule has 0 atom stereocenters. The number of hydrogen-bond acceptors (Lipinski definition) is 2. The van der Waals surface area contributed by atoms with Gasteiger partial charge in [-0.2, -0.15) is 0 Å². The van der Waals surface area contributed by atoms with Crippen LogP contribution < -0.4 is 9.80 Å². The molecule has 0 aliphatic carbocycles. The molecule has 336 valence electrons. The maximum atomic E-state index is 2.39. The predicted molar refractivity (Wildman–Crippen MR) is 311 cm³/mol. The van der Waals surface area contributed by atoms with Gasteiger partial charge in [0.15, 0.2) is 0 Å². The molecule has 2 heteroatoms. The summed E-state index contributed by atoms with van der Waals surface area (Å²) in [5.41, 5.74) is 9.06. The van der Waals surface area contributed by atoms with Gasteiger partial charge in [-0.1, -0.05) is 170 Å². The number of benzene rings is 14. The summed E-state index contributed by atoms with van der Waals surface area (Å²) in [7, 11) is 0. The number of rotatable bonds is 8. The Labute approximate surface area is 418 Å². The molecule has 2 nitrogen and oxygen atoms in total. The van der Waals surface area contributed by atoms with Gasteiger partial charge in [-0.15, -0.1) is 0 Å². The second-order valence-electron chi connectivity index (χ2n) is 19.1. The lowest BCUT2D eigenvalue weighted by molar-refractivity contribution is 1.30. The van der Waals surface area contributed by atoms with Crippen molar-refractivity contribution in [3.63, 3.8) is 0 Å². The average Bonchev–Trinajstić information content (AvgIpc) is 3.43. The van der Waals surface area contributed by atoms with Crippen LogP contribution in [0.4, 0.5) is 34.1 Å². The number of fused-ring (bicyclic) bond motifs is 8. The van der Waals surface area contributed by atoms with E-state index in [0.717, 1.165) is 45.3 Å². The molecular formula is C70H46N2. The first-order valence-electron chi connectivity index (χ1n) is 24.8. The third kappa shape index (κ3) is 7.63. The van der Waals surface area contributed by atoms with E-state index in [1.807, 2.05) is 0 Å². The molecule has 0 bridgehead atoms. The highest BCUT2D eigenvalue weighted by Crippen LogP contribution is 2.42. The van der Waals surface area contributed by atoms with E-state index in [2.05, 4.69) is 289 Å². The van der Waals surface area contributed by atoms with Crippen molar-refractivity contribution in [2.75, 3.05) is 9.80 Å². The van der Waals surface area contributed by atoms with E-state index in [1.165, 1.54) is 86.2 Å². The van der Waals surface area contributed by atoms with Crippen molar-refractivity contribution in [2.45, 2.75) is 0 Å². The molecule has 0 aromatic heterocycles. The molecule has 0 fully saturated rings. The molecule has 14 aromatic carbocycles. The first-order chi connectivity index (χ1) is 35.6. The highest BCUT2D eigenvalue weighted by molar-refractivity contribution is 6.03. The van der Waals surface area contributed by atoms with E-state index >= 15 is 0 Å². The van der Waals surface area contributed by atoms with Crippen LogP contribution in [-0.2, 0) is 0 Å². The maximum Gasteiger partial charge on any atom is 0.0468 e. The lowest BCUT2D eigenvalue weighted by Crippen LogP contribution is -2.10. The van der Waals surface area contributed by atoms with E-state index in [0.29, 0.717) is 0 Å². The van der Waals surface area contributed by atoms with E-state index in [9.17, 15) is 0 Å². The maximum absolute atomic E-state index is 2.39. The Morgan fingerprint density at radius 3 is 0.708 bits per heavy atom. The van der Waals surface area contributed by atoms with Crippen molar-refractivity contribution < 1.29 is 0 Å². The van der Waals surface area contributed by atoms with Gasteiger partial charge in [-0.3, -0.25) is 0 Å². The first-order valence-corrected chi connectivity index (χ1v) is 24.8. The average molecular weight is 915 g/mol. The molecule has 0 radical (unpaired) electrons. The summed E-state index contributed by atoms with van der Waals surface area (Å²) in [6, 6.07) is 98.1. The van der Waals surface area contributed by atoms with E-state index in [4.69, 9.17) is 0 Å². The quantitative estimate of drug-likeness (QED) is 0.111. The molecule has 0 amide bonds. The van der Waals surface area contributed by atoms with Gasteiger partial charge in [0.05, 0.1) is 0 Å². The minimum absolute atomic E-state index is 1.12. The monoisotopic (exact) mass is 914 g/mol. The largest absolute Gasteiger partial charge is 0.310 e. The van der Waals surface area contributed by atoms with E-state index < -0.39 is 0 Å². The molecule has 0 aliphatic heterocycles. The van der Waals surface area contributed by atoms with Crippen molar-refractivity contribution in [1.82, 2.24) is 0 Å². The van der Waals surface area contributed by atoms with Crippen molar-refractivity contribution in [1.29, 1.82) is 0 Å². The summed E-state index contributed by atoms with van der Waals surface area (Å²) in [5.74, 6) is 0. The predicted octanol–water partition coefficient (Wildman–Crippen LogP) is 20.0. The molecule has 0 heterocycles. The fraction of sp³-hybridized carbons (Fsp3) is 0. The minimum Gasteiger partial charge on any atom is -0.310 e. The van der Waals surface area contributed by atoms with Crippen LogP contribution in [0, 0.1) is 0 Å². The van der Waals surface area contributed by atoms with Crippen molar-refractivity contribution in [3.8, 4) is 0 Å². The fourth-order valence-electron chi connectivity index (χ4n) is 10.8. The zero-order valence-corrected chi connectivity index (χ0v) is 39.5. The van der Waals surface area contributed by atoms with Gasteiger partial charge < -0.3 is 9.80 Å². The lowest BCUT2D eigenvalue weighted by Gasteiger charge is -2.26. The summed E-state index contributed by atoms with van der Waals surface area (Å²) in [4.78, 5) is 4.78. The second kappa shape index (κ2) is 17.2. The SMILES string of the molecule is C(=Cc1ccc2cc(N(c3ccc4ccccc4c3)c3ccc4cc5ccccc5cc4c3)ccc2c1)c1ccc2cc(N(c3ccc4ccccc4c3)c3ccc4cc5ccccc5cc4c3)ccc2c1. The highest BCUT2D eigenvalue weighted by atomic mass is 15.1. The normalized spacial score (nSPS) is 11.8. The highest BCUT2D eigenvalue weighted by Gasteiger charge is 2.17. The van der Waals surface area contributed by atoms with E-state index in [-0.39, 0.29) is 0 Å². The van der Waals surface area contributed by atoms with Crippen LogP contribution in [0.1, 0.15) is 11.1 Å². The Balaban J connectivity index is 0.776. The van der Waals surface area contributed by atoms with Crippen LogP contribution in [0.3, 0.4) is 0 Å².